The van der Waals surface area contributed by atoms with Crippen molar-refractivity contribution < 1.29 is 4.79 Å². The molecule has 0 saturated carbocycles. The van der Waals surface area contributed by atoms with Gasteiger partial charge in [-0.1, -0.05) is 59.3 Å². The molecule has 0 saturated heterocycles. The van der Waals surface area contributed by atoms with Crippen molar-refractivity contribution in [1.82, 2.24) is 15.3 Å². The summed E-state index contributed by atoms with van der Waals surface area (Å²) in [5.41, 5.74) is 3.90. The first-order chi connectivity index (χ1) is 12.1. The van der Waals surface area contributed by atoms with Gasteiger partial charge in [0, 0.05) is 22.9 Å². The summed E-state index contributed by atoms with van der Waals surface area (Å²) < 4.78 is 0. The van der Waals surface area contributed by atoms with Gasteiger partial charge in [0.25, 0.3) is 5.91 Å². The van der Waals surface area contributed by atoms with E-state index in [2.05, 4.69) is 46.5 Å². The number of aromatic nitrogens is 2. The number of aryl methyl sites for hydroxylation is 1. The van der Waals surface area contributed by atoms with Crippen LogP contribution in [-0.4, -0.2) is 28.2 Å². The molecule has 128 valence electrons. The third kappa shape index (κ3) is 4.87. The zero-order chi connectivity index (χ0) is 17.6. The number of rotatable bonds is 6. The zero-order valence-corrected chi connectivity index (χ0v) is 15.3. The van der Waals surface area contributed by atoms with E-state index < -0.39 is 0 Å². The molecule has 3 aromatic rings. The highest BCUT2D eigenvalue weighted by molar-refractivity contribution is 7.99. The molecule has 1 aromatic heterocycles. The molecule has 6 heteroatoms. The van der Waals surface area contributed by atoms with Crippen LogP contribution < -0.4 is 5.32 Å². The van der Waals surface area contributed by atoms with E-state index in [0.717, 1.165) is 22.2 Å². The second-order valence-electron chi connectivity index (χ2n) is 5.58. The molecule has 0 aliphatic carbocycles. The normalized spacial score (nSPS) is 10.6. The molecular formula is C19H18ClN3OS. The molecule has 0 atom stereocenters. The number of imidazole rings is 1. The largest absolute Gasteiger partial charge is 0.351 e. The maximum atomic E-state index is 12.0. The molecule has 4 nitrogen and oxygen atoms in total. The molecule has 0 aliphatic heterocycles. The molecule has 1 amide bonds. The molecule has 1 heterocycles. The van der Waals surface area contributed by atoms with Crippen molar-refractivity contribution >= 4 is 29.3 Å². The lowest BCUT2D eigenvalue weighted by Gasteiger charge is -2.04. The van der Waals surface area contributed by atoms with Crippen LogP contribution in [0.3, 0.4) is 0 Å². The van der Waals surface area contributed by atoms with E-state index >= 15 is 0 Å². The lowest BCUT2D eigenvalue weighted by molar-refractivity contribution is 0.0956. The van der Waals surface area contributed by atoms with Crippen LogP contribution >= 0.6 is 23.4 Å². The predicted molar refractivity (Wildman–Crippen MR) is 103 cm³/mol. The highest BCUT2D eigenvalue weighted by Crippen LogP contribution is 2.21. The molecule has 0 unspecified atom stereocenters. The summed E-state index contributed by atoms with van der Waals surface area (Å²) in [4.78, 5) is 19.7. The van der Waals surface area contributed by atoms with Crippen LogP contribution in [0, 0.1) is 6.92 Å². The third-order valence-electron chi connectivity index (χ3n) is 3.63. The lowest BCUT2D eigenvalue weighted by atomic mass is 10.1. The standard InChI is InChI=1S/C19H18ClN3OS/c1-13-5-7-14(8-6-13)17-12-22-19(23-17)25-10-9-21-18(24)15-3-2-4-16(20)11-15/h2-8,11-12H,9-10H2,1H3,(H,21,24)(H,22,23). The van der Waals surface area contributed by atoms with E-state index in [4.69, 9.17) is 11.6 Å². The summed E-state index contributed by atoms with van der Waals surface area (Å²) in [5.74, 6) is 0.607. The fraction of sp³-hybridized carbons (Fsp3) is 0.158. The minimum Gasteiger partial charge on any atom is -0.351 e. The smallest absolute Gasteiger partial charge is 0.251 e. The SMILES string of the molecule is Cc1ccc(-c2cnc(SCCNC(=O)c3cccc(Cl)c3)[nH]2)cc1. The van der Waals surface area contributed by atoms with Gasteiger partial charge in [0.15, 0.2) is 5.16 Å². The van der Waals surface area contributed by atoms with Gasteiger partial charge in [-0.3, -0.25) is 4.79 Å². The number of carbonyl (C=O) groups excluding carboxylic acids is 1. The molecule has 0 aliphatic rings. The van der Waals surface area contributed by atoms with Gasteiger partial charge in [0.2, 0.25) is 0 Å². The second kappa shape index (κ2) is 8.23. The van der Waals surface area contributed by atoms with Crippen LogP contribution in [0.2, 0.25) is 5.02 Å². The van der Waals surface area contributed by atoms with Crippen LogP contribution in [0.15, 0.2) is 59.9 Å². The number of carbonyl (C=O) groups is 1. The highest BCUT2D eigenvalue weighted by atomic mass is 35.5. The Hall–Kier alpha value is -2.24. The van der Waals surface area contributed by atoms with Gasteiger partial charge in [-0.25, -0.2) is 4.98 Å². The number of H-pyrrole nitrogens is 1. The Bertz CT molecular complexity index is 861. The van der Waals surface area contributed by atoms with Crippen molar-refractivity contribution in [2.45, 2.75) is 12.1 Å². The predicted octanol–water partition coefficient (Wildman–Crippen LogP) is 4.56. The van der Waals surface area contributed by atoms with Gasteiger partial charge < -0.3 is 10.3 Å². The molecule has 25 heavy (non-hydrogen) atoms. The molecule has 0 radical (unpaired) electrons. The van der Waals surface area contributed by atoms with Gasteiger partial charge in [0.1, 0.15) is 0 Å². The zero-order valence-electron chi connectivity index (χ0n) is 13.8. The number of benzene rings is 2. The maximum Gasteiger partial charge on any atom is 0.251 e. The number of nitrogens with zero attached hydrogens (tertiary/aromatic N) is 1. The topological polar surface area (TPSA) is 57.8 Å². The first-order valence-corrected chi connectivity index (χ1v) is 9.27. The average Bonchev–Trinajstić information content (AvgIpc) is 3.08. The first kappa shape index (κ1) is 17.6. The monoisotopic (exact) mass is 371 g/mol. The van der Waals surface area contributed by atoms with Gasteiger partial charge in [-0.05, 0) is 30.7 Å². The summed E-state index contributed by atoms with van der Waals surface area (Å²) in [7, 11) is 0. The fourth-order valence-electron chi connectivity index (χ4n) is 2.30. The van der Waals surface area contributed by atoms with E-state index in [-0.39, 0.29) is 5.91 Å². The van der Waals surface area contributed by atoms with Crippen LogP contribution in [-0.2, 0) is 0 Å². The number of halogens is 1. The van der Waals surface area contributed by atoms with Crippen molar-refractivity contribution in [2.24, 2.45) is 0 Å². The number of thioether (sulfide) groups is 1. The van der Waals surface area contributed by atoms with E-state index in [1.54, 1.807) is 36.0 Å². The quantitative estimate of drug-likeness (QED) is 0.493. The molecule has 2 aromatic carbocycles. The van der Waals surface area contributed by atoms with Crippen molar-refractivity contribution in [1.29, 1.82) is 0 Å². The van der Waals surface area contributed by atoms with Crippen molar-refractivity contribution in [3.63, 3.8) is 0 Å². The minimum absolute atomic E-state index is 0.122. The van der Waals surface area contributed by atoms with Gasteiger partial charge in [-0.15, -0.1) is 0 Å². The first-order valence-electron chi connectivity index (χ1n) is 7.90. The van der Waals surface area contributed by atoms with Crippen molar-refractivity contribution in [2.75, 3.05) is 12.3 Å². The highest BCUT2D eigenvalue weighted by Gasteiger charge is 2.06. The van der Waals surface area contributed by atoms with Crippen molar-refractivity contribution in [3.05, 3.63) is 70.9 Å². The fourth-order valence-corrected chi connectivity index (χ4v) is 3.20. The Morgan fingerprint density at radius 3 is 2.80 bits per heavy atom. The third-order valence-corrected chi connectivity index (χ3v) is 4.75. The summed E-state index contributed by atoms with van der Waals surface area (Å²) in [6.45, 7) is 2.62. The molecule has 3 rings (SSSR count). The Morgan fingerprint density at radius 2 is 2.04 bits per heavy atom. The van der Waals surface area contributed by atoms with Gasteiger partial charge >= 0.3 is 0 Å². The molecule has 2 N–H and O–H groups in total. The van der Waals surface area contributed by atoms with Crippen LogP contribution in [0.4, 0.5) is 0 Å². The van der Waals surface area contributed by atoms with E-state index in [0.29, 0.717) is 17.1 Å². The van der Waals surface area contributed by atoms with Crippen LogP contribution in [0.5, 0.6) is 0 Å². The number of hydrogen-bond donors (Lipinski definition) is 2. The summed E-state index contributed by atoms with van der Waals surface area (Å²) in [5, 5.41) is 4.28. The molecule has 0 bridgehead atoms. The second-order valence-corrected chi connectivity index (χ2v) is 7.10. The van der Waals surface area contributed by atoms with E-state index in [1.807, 2.05) is 6.20 Å². The minimum atomic E-state index is -0.122. The van der Waals surface area contributed by atoms with Gasteiger partial charge in [-0.2, -0.15) is 0 Å². The Kier molecular flexibility index (Phi) is 5.79. The van der Waals surface area contributed by atoms with Crippen LogP contribution in [0.1, 0.15) is 15.9 Å². The Balaban J connectivity index is 1.48. The van der Waals surface area contributed by atoms with Crippen molar-refractivity contribution in [3.8, 4) is 11.3 Å². The average molecular weight is 372 g/mol. The van der Waals surface area contributed by atoms with E-state index in [1.165, 1.54) is 5.56 Å². The van der Waals surface area contributed by atoms with E-state index in [9.17, 15) is 4.79 Å². The van der Waals surface area contributed by atoms with Gasteiger partial charge in [0.05, 0.1) is 11.9 Å². The Morgan fingerprint density at radius 1 is 1.24 bits per heavy atom. The van der Waals surface area contributed by atoms with Crippen LogP contribution in [0.25, 0.3) is 11.3 Å². The molecular weight excluding hydrogens is 354 g/mol. The number of aromatic amines is 1. The summed E-state index contributed by atoms with van der Waals surface area (Å²) >= 11 is 7.47. The number of hydrogen-bond acceptors (Lipinski definition) is 3. The maximum absolute atomic E-state index is 12.0. The lowest BCUT2D eigenvalue weighted by Crippen LogP contribution is -2.25. The molecule has 0 fully saturated rings. The number of amides is 1. The number of nitrogens with one attached hydrogen (secondary N) is 2. The molecule has 0 spiro atoms. The summed E-state index contributed by atoms with van der Waals surface area (Å²) in [6.07, 6.45) is 1.83. The summed E-state index contributed by atoms with van der Waals surface area (Å²) in [6, 6.07) is 15.2. The Labute approximate surface area is 156 Å².